The molecule has 1 aromatic heterocycles. The molecule has 0 saturated carbocycles. The normalized spacial score (nSPS) is 20.7. The Kier molecular flexibility index (Phi) is 7.43. The van der Waals surface area contributed by atoms with Crippen molar-refractivity contribution >= 4 is 39.9 Å². The van der Waals surface area contributed by atoms with Gasteiger partial charge in [0.25, 0.3) is 5.91 Å². The van der Waals surface area contributed by atoms with Gasteiger partial charge >= 0.3 is 0 Å². The van der Waals surface area contributed by atoms with Gasteiger partial charge in [-0.15, -0.1) is 11.3 Å². The molecule has 2 fully saturated rings. The zero-order valence-corrected chi connectivity index (χ0v) is 22.2. The maximum absolute atomic E-state index is 14.2. The van der Waals surface area contributed by atoms with Crippen LogP contribution in [-0.4, -0.2) is 89.8 Å². The van der Waals surface area contributed by atoms with Gasteiger partial charge in [0.1, 0.15) is 5.82 Å². The van der Waals surface area contributed by atoms with Crippen LogP contribution in [0.2, 0.25) is 0 Å². The minimum Gasteiger partial charge on any atom is -0.367 e. The van der Waals surface area contributed by atoms with Crippen LogP contribution >= 0.6 is 11.3 Å². The van der Waals surface area contributed by atoms with Crippen LogP contribution in [-0.2, 0) is 22.6 Å². The summed E-state index contributed by atoms with van der Waals surface area (Å²) in [5.74, 6) is -0.899. The number of piperidine rings is 1. The largest absolute Gasteiger partial charge is 0.367 e. The molecule has 0 spiro atoms. The van der Waals surface area contributed by atoms with E-state index in [0.29, 0.717) is 43.4 Å². The number of likely N-dealkylation sites (tertiary alicyclic amines) is 1. The van der Waals surface area contributed by atoms with E-state index in [1.165, 1.54) is 23.5 Å². The fourth-order valence-electron chi connectivity index (χ4n) is 5.34. The Morgan fingerprint density at radius 2 is 2.00 bits per heavy atom. The van der Waals surface area contributed by atoms with Crippen molar-refractivity contribution in [2.24, 2.45) is 0 Å². The van der Waals surface area contributed by atoms with E-state index in [-0.39, 0.29) is 30.0 Å². The summed E-state index contributed by atoms with van der Waals surface area (Å²) < 4.78 is 14.2. The first-order valence-corrected chi connectivity index (χ1v) is 13.7. The van der Waals surface area contributed by atoms with E-state index >= 15 is 0 Å². The first-order chi connectivity index (χ1) is 17.8. The Hall–Kier alpha value is -3.05. The zero-order chi connectivity index (χ0) is 26.1. The van der Waals surface area contributed by atoms with Gasteiger partial charge in [0.2, 0.25) is 11.8 Å². The van der Waals surface area contributed by atoms with Crippen LogP contribution in [0.25, 0.3) is 0 Å². The van der Waals surface area contributed by atoms with E-state index in [1.807, 2.05) is 11.8 Å². The van der Waals surface area contributed by atoms with Crippen LogP contribution in [0.4, 0.5) is 15.2 Å². The fraction of sp³-hybridized carbons (Fsp3) is 0.538. The second kappa shape index (κ2) is 10.7. The molecule has 2 aromatic rings. The number of thiazole rings is 1. The number of carbonyl (C=O) groups excluding carboxylic acids is 3. The van der Waals surface area contributed by atoms with Gasteiger partial charge in [0, 0.05) is 68.7 Å². The van der Waals surface area contributed by atoms with Crippen molar-refractivity contribution in [1.29, 1.82) is 0 Å². The third-order valence-corrected chi connectivity index (χ3v) is 8.38. The number of nitrogens with one attached hydrogen (secondary N) is 1. The van der Waals surface area contributed by atoms with Gasteiger partial charge in [-0.2, -0.15) is 0 Å². The van der Waals surface area contributed by atoms with E-state index in [9.17, 15) is 18.8 Å². The first kappa shape index (κ1) is 25.6. The number of piperazine rings is 1. The van der Waals surface area contributed by atoms with E-state index in [1.54, 1.807) is 15.9 Å². The molecule has 0 bridgehead atoms. The lowest BCUT2D eigenvalue weighted by atomic mass is 10.1. The molecule has 1 aromatic carbocycles. The van der Waals surface area contributed by atoms with Crippen LogP contribution in [0.15, 0.2) is 18.2 Å². The lowest BCUT2D eigenvalue weighted by Crippen LogP contribution is -2.56. The average molecular weight is 529 g/mol. The number of amides is 3. The number of aromatic nitrogens is 1. The molecule has 0 aliphatic carbocycles. The predicted molar refractivity (Wildman–Crippen MR) is 140 cm³/mol. The van der Waals surface area contributed by atoms with Gasteiger partial charge in [-0.05, 0) is 45.0 Å². The molecule has 1 N–H and O–H groups in total. The summed E-state index contributed by atoms with van der Waals surface area (Å²) in [6.07, 6.45) is 3.16. The number of fused-ring (bicyclic) bond motifs is 1. The van der Waals surface area contributed by atoms with Crippen LogP contribution in [0.3, 0.4) is 0 Å². The molecule has 3 aliphatic heterocycles. The van der Waals surface area contributed by atoms with Crippen LogP contribution in [0, 0.1) is 5.82 Å². The highest BCUT2D eigenvalue weighted by atomic mass is 32.1. The van der Waals surface area contributed by atoms with Crippen molar-refractivity contribution < 1.29 is 18.8 Å². The molecule has 2 saturated heterocycles. The molecule has 4 heterocycles. The zero-order valence-electron chi connectivity index (χ0n) is 21.3. The lowest BCUT2D eigenvalue weighted by molar-refractivity contribution is -0.143. The second-order valence-electron chi connectivity index (χ2n) is 10.1. The van der Waals surface area contributed by atoms with E-state index in [4.69, 9.17) is 0 Å². The molecule has 1 atom stereocenters. The number of nitrogens with zero attached hydrogens (tertiary/aromatic N) is 5. The minimum absolute atomic E-state index is 0.0426. The summed E-state index contributed by atoms with van der Waals surface area (Å²) >= 11 is 1.46. The molecule has 11 heteroatoms. The fourth-order valence-corrected chi connectivity index (χ4v) is 6.42. The highest BCUT2D eigenvalue weighted by Gasteiger charge is 2.31. The highest BCUT2D eigenvalue weighted by Crippen LogP contribution is 2.30. The molecule has 37 heavy (non-hydrogen) atoms. The van der Waals surface area contributed by atoms with Gasteiger partial charge in [0.05, 0.1) is 17.8 Å². The second-order valence-corrected chi connectivity index (χ2v) is 11.2. The maximum atomic E-state index is 14.2. The Balaban J connectivity index is 1.27. The molecule has 5 rings (SSSR count). The van der Waals surface area contributed by atoms with Crippen molar-refractivity contribution in [2.45, 2.75) is 45.2 Å². The molecular weight excluding hydrogens is 495 g/mol. The number of benzene rings is 1. The lowest BCUT2D eigenvalue weighted by Gasteiger charge is -2.42. The summed E-state index contributed by atoms with van der Waals surface area (Å²) in [4.78, 5) is 51.8. The quantitative estimate of drug-likeness (QED) is 0.642. The summed E-state index contributed by atoms with van der Waals surface area (Å²) in [6, 6.07) is 4.12. The van der Waals surface area contributed by atoms with Crippen molar-refractivity contribution in [2.75, 3.05) is 56.5 Å². The smallest absolute Gasteiger partial charge is 0.259 e. The van der Waals surface area contributed by atoms with Crippen molar-refractivity contribution in [3.63, 3.8) is 0 Å². The van der Waals surface area contributed by atoms with Crippen molar-refractivity contribution in [1.82, 2.24) is 19.7 Å². The number of hydrogen-bond acceptors (Lipinski definition) is 7. The molecule has 9 nitrogen and oxygen atoms in total. The number of hydrogen-bond donors (Lipinski definition) is 1. The summed E-state index contributed by atoms with van der Waals surface area (Å²) in [6.45, 7) is 5.92. The Bertz CT molecular complexity index is 1200. The van der Waals surface area contributed by atoms with Gasteiger partial charge in [-0.25, -0.2) is 9.37 Å². The van der Waals surface area contributed by atoms with Crippen molar-refractivity contribution in [3.8, 4) is 0 Å². The van der Waals surface area contributed by atoms with Crippen LogP contribution in [0.5, 0.6) is 0 Å². The Morgan fingerprint density at radius 1 is 1.16 bits per heavy atom. The van der Waals surface area contributed by atoms with Crippen molar-refractivity contribution in [3.05, 3.63) is 40.2 Å². The van der Waals surface area contributed by atoms with Gasteiger partial charge in [-0.3, -0.25) is 19.7 Å². The van der Waals surface area contributed by atoms with Gasteiger partial charge in [-0.1, -0.05) is 0 Å². The summed E-state index contributed by atoms with van der Waals surface area (Å²) in [7, 11) is 2.06. The van der Waals surface area contributed by atoms with Crippen LogP contribution < -0.4 is 10.2 Å². The third-order valence-electron chi connectivity index (χ3n) is 7.38. The average Bonchev–Trinajstić information content (AvgIpc) is 3.26. The Labute approximate surface area is 220 Å². The topological polar surface area (TPSA) is 89.1 Å². The summed E-state index contributed by atoms with van der Waals surface area (Å²) in [5.41, 5.74) is 1.89. The SMILES string of the molecule is C[C@H]1CN(c2ccc(F)cc2C(=O)Nc2nc3c(s2)CN(C)CC3)CCN1C(=O)CN1CCCCC1=O. The number of anilines is 2. The monoisotopic (exact) mass is 528 g/mol. The minimum atomic E-state index is -0.484. The van der Waals surface area contributed by atoms with Gasteiger partial charge < -0.3 is 19.6 Å². The van der Waals surface area contributed by atoms with E-state index < -0.39 is 11.7 Å². The predicted octanol–water partition coefficient (Wildman–Crippen LogP) is 2.57. The number of likely N-dealkylation sites (N-methyl/N-ethyl adjacent to an activating group) is 1. The first-order valence-electron chi connectivity index (χ1n) is 12.9. The molecule has 0 radical (unpaired) electrons. The number of carbonyl (C=O) groups is 3. The number of halogens is 1. The Morgan fingerprint density at radius 3 is 2.78 bits per heavy atom. The molecule has 0 unspecified atom stereocenters. The van der Waals surface area contributed by atoms with Crippen LogP contribution in [0.1, 0.15) is 47.1 Å². The third kappa shape index (κ3) is 5.62. The molecular formula is C26H33FN6O3S. The highest BCUT2D eigenvalue weighted by molar-refractivity contribution is 7.15. The van der Waals surface area contributed by atoms with E-state index in [2.05, 4.69) is 22.2 Å². The molecule has 3 amide bonds. The standard InChI is InChI=1S/C26H33FN6O3S/c1-17-14-31(11-12-33(17)24(35)16-32-9-4-3-5-23(32)34)21-7-6-18(27)13-19(21)25(36)29-26-28-20-8-10-30(2)15-22(20)37-26/h6-7,13,17H,3-5,8-12,14-16H2,1-2H3,(H,28,29,36)/t17-/m0/s1. The summed E-state index contributed by atoms with van der Waals surface area (Å²) in [5, 5.41) is 3.40. The maximum Gasteiger partial charge on any atom is 0.259 e. The van der Waals surface area contributed by atoms with Gasteiger partial charge in [0.15, 0.2) is 5.13 Å². The molecule has 3 aliphatic rings. The van der Waals surface area contributed by atoms with E-state index in [0.717, 1.165) is 42.9 Å². The molecule has 198 valence electrons. The number of rotatable bonds is 5.